The summed E-state index contributed by atoms with van der Waals surface area (Å²) in [7, 11) is 0. The highest BCUT2D eigenvalue weighted by molar-refractivity contribution is 6.42. The lowest BCUT2D eigenvalue weighted by atomic mass is 9.97. The molecule has 1 aliphatic rings. The Morgan fingerprint density at radius 1 is 1.33 bits per heavy atom. The van der Waals surface area contributed by atoms with Gasteiger partial charge in [-0.2, -0.15) is 5.26 Å². The summed E-state index contributed by atoms with van der Waals surface area (Å²) in [5, 5.41) is 10.0. The highest BCUT2D eigenvalue weighted by Crippen LogP contribution is 2.28. The molecule has 24 heavy (non-hydrogen) atoms. The van der Waals surface area contributed by atoms with E-state index in [0.29, 0.717) is 22.2 Å². The molecular weight excluding hydrogens is 353 g/mol. The van der Waals surface area contributed by atoms with Crippen LogP contribution in [0.3, 0.4) is 0 Å². The van der Waals surface area contributed by atoms with Crippen LogP contribution in [0.4, 0.5) is 0 Å². The van der Waals surface area contributed by atoms with Crippen LogP contribution in [0.2, 0.25) is 10.0 Å². The predicted molar refractivity (Wildman–Crippen MR) is 89.9 cm³/mol. The van der Waals surface area contributed by atoms with Gasteiger partial charge < -0.3 is 14.2 Å². The van der Waals surface area contributed by atoms with Crippen molar-refractivity contribution >= 4 is 29.2 Å². The molecule has 1 saturated heterocycles. The normalized spacial score (nSPS) is 18.6. The van der Waals surface area contributed by atoms with Gasteiger partial charge in [0.1, 0.15) is 6.61 Å². The second kappa shape index (κ2) is 9.85. The highest BCUT2D eigenvalue weighted by atomic mass is 35.5. The summed E-state index contributed by atoms with van der Waals surface area (Å²) >= 11 is 11.8. The molecule has 2 atom stereocenters. The Morgan fingerprint density at radius 2 is 2.17 bits per heavy atom. The summed E-state index contributed by atoms with van der Waals surface area (Å²) in [4.78, 5) is 11.9. The number of ether oxygens (including phenoxy) is 3. The first-order valence-electron chi connectivity index (χ1n) is 7.83. The van der Waals surface area contributed by atoms with Gasteiger partial charge in [-0.05, 0) is 37.0 Å². The Kier molecular flexibility index (Phi) is 7.80. The van der Waals surface area contributed by atoms with E-state index < -0.39 is 11.9 Å². The first kappa shape index (κ1) is 19.0. The van der Waals surface area contributed by atoms with Gasteiger partial charge in [-0.1, -0.05) is 29.3 Å². The molecule has 0 radical (unpaired) electrons. The number of esters is 1. The second-order valence-electron chi connectivity index (χ2n) is 5.45. The molecule has 130 valence electrons. The maximum absolute atomic E-state index is 11.9. The highest BCUT2D eigenvalue weighted by Gasteiger charge is 2.18. The van der Waals surface area contributed by atoms with Crippen LogP contribution in [0.1, 0.15) is 37.2 Å². The minimum atomic E-state index is -0.630. The molecule has 1 fully saturated rings. The van der Waals surface area contributed by atoms with Gasteiger partial charge in [0.25, 0.3) is 0 Å². The molecule has 1 heterocycles. The van der Waals surface area contributed by atoms with Gasteiger partial charge in [-0.15, -0.1) is 0 Å². The monoisotopic (exact) mass is 371 g/mol. The summed E-state index contributed by atoms with van der Waals surface area (Å²) < 4.78 is 16.0. The molecule has 0 aliphatic carbocycles. The van der Waals surface area contributed by atoms with E-state index in [1.54, 1.807) is 18.2 Å². The van der Waals surface area contributed by atoms with Crippen LogP contribution in [-0.2, 0) is 19.0 Å². The third-order valence-corrected chi connectivity index (χ3v) is 4.40. The summed E-state index contributed by atoms with van der Waals surface area (Å²) in [5.74, 6) is -1.09. The zero-order valence-electron chi connectivity index (χ0n) is 13.2. The molecule has 2 rings (SSSR count). The van der Waals surface area contributed by atoms with E-state index in [1.165, 1.54) is 0 Å². The molecule has 0 spiro atoms. The number of nitriles is 1. The van der Waals surface area contributed by atoms with E-state index in [1.807, 2.05) is 0 Å². The number of halogens is 2. The molecule has 0 saturated carbocycles. The quantitative estimate of drug-likeness (QED) is 0.533. The summed E-state index contributed by atoms with van der Waals surface area (Å²) in [6.45, 7) is 1.12. The molecule has 1 aromatic rings. The van der Waals surface area contributed by atoms with Crippen molar-refractivity contribution in [2.75, 3.05) is 19.8 Å². The lowest BCUT2D eigenvalue weighted by Gasteiger charge is -2.22. The van der Waals surface area contributed by atoms with E-state index in [2.05, 4.69) is 6.07 Å². The Balaban J connectivity index is 1.73. The molecular formula is C17H19Cl2NO4. The number of rotatable bonds is 7. The van der Waals surface area contributed by atoms with E-state index in [9.17, 15) is 10.1 Å². The minimum absolute atomic E-state index is 0.0472. The van der Waals surface area contributed by atoms with Crippen LogP contribution in [0.15, 0.2) is 18.2 Å². The Labute approximate surface area is 151 Å². The van der Waals surface area contributed by atoms with Crippen molar-refractivity contribution in [3.8, 4) is 6.07 Å². The fourth-order valence-corrected chi connectivity index (χ4v) is 2.68. The molecule has 0 N–H and O–H groups in total. The maximum Gasteiger partial charge on any atom is 0.307 e. The Bertz CT molecular complexity index is 597. The van der Waals surface area contributed by atoms with Gasteiger partial charge in [-0.25, -0.2) is 0 Å². The van der Waals surface area contributed by atoms with E-state index >= 15 is 0 Å². The topological polar surface area (TPSA) is 68.6 Å². The van der Waals surface area contributed by atoms with Crippen molar-refractivity contribution in [1.29, 1.82) is 5.26 Å². The van der Waals surface area contributed by atoms with Crippen molar-refractivity contribution in [3.05, 3.63) is 33.8 Å². The fourth-order valence-electron chi connectivity index (χ4n) is 2.37. The van der Waals surface area contributed by atoms with Crippen molar-refractivity contribution in [2.45, 2.75) is 37.9 Å². The molecule has 1 aliphatic heterocycles. The first-order valence-corrected chi connectivity index (χ1v) is 8.59. The van der Waals surface area contributed by atoms with Gasteiger partial charge in [0.05, 0.1) is 35.1 Å². The maximum atomic E-state index is 11.9. The van der Waals surface area contributed by atoms with E-state index in [4.69, 9.17) is 37.4 Å². The number of hydrogen-bond acceptors (Lipinski definition) is 5. The van der Waals surface area contributed by atoms with Crippen LogP contribution in [0.5, 0.6) is 0 Å². The van der Waals surface area contributed by atoms with E-state index in [0.717, 1.165) is 19.3 Å². The second-order valence-corrected chi connectivity index (χ2v) is 6.26. The average Bonchev–Trinajstić information content (AvgIpc) is 2.60. The van der Waals surface area contributed by atoms with Crippen LogP contribution >= 0.6 is 23.2 Å². The van der Waals surface area contributed by atoms with Gasteiger partial charge in [0.15, 0.2) is 6.29 Å². The molecule has 0 aromatic heterocycles. The van der Waals surface area contributed by atoms with E-state index in [-0.39, 0.29) is 25.9 Å². The largest absolute Gasteiger partial charge is 0.463 e. The molecule has 0 amide bonds. The first-order chi connectivity index (χ1) is 11.6. The minimum Gasteiger partial charge on any atom is -0.463 e. The Hall–Kier alpha value is -1.32. The van der Waals surface area contributed by atoms with Crippen molar-refractivity contribution in [2.24, 2.45) is 0 Å². The lowest BCUT2D eigenvalue weighted by Crippen LogP contribution is -2.24. The summed E-state index contributed by atoms with van der Waals surface area (Å²) in [6.07, 6.45) is 2.74. The SMILES string of the molecule is N#CC(CC(=O)OCCOC1CCCCO1)c1ccc(Cl)c(Cl)c1. The Morgan fingerprint density at radius 3 is 2.83 bits per heavy atom. The van der Waals surface area contributed by atoms with Crippen LogP contribution in [-0.4, -0.2) is 32.1 Å². The number of carbonyl (C=O) groups excluding carboxylic acids is 1. The average molecular weight is 372 g/mol. The van der Waals surface area contributed by atoms with Crippen LogP contribution < -0.4 is 0 Å². The number of carbonyl (C=O) groups is 1. The van der Waals surface area contributed by atoms with Crippen LogP contribution in [0.25, 0.3) is 0 Å². The number of nitrogens with zero attached hydrogens (tertiary/aromatic N) is 1. The molecule has 5 nitrogen and oxygen atoms in total. The third kappa shape index (κ3) is 5.95. The summed E-state index contributed by atoms with van der Waals surface area (Å²) in [5.41, 5.74) is 0.635. The molecule has 1 aromatic carbocycles. The summed E-state index contributed by atoms with van der Waals surface area (Å²) in [6, 6.07) is 6.96. The zero-order chi connectivity index (χ0) is 17.4. The standard InChI is InChI=1S/C17H19Cl2NO4/c18-14-5-4-12(9-15(14)19)13(11-20)10-16(21)22-7-8-24-17-3-1-2-6-23-17/h4-5,9,13,17H,1-3,6-8,10H2. The lowest BCUT2D eigenvalue weighted by molar-refractivity contribution is -0.173. The van der Waals surface area contributed by atoms with Crippen molar-refractivity contribution < 1.29 is 19.0 Å². The van der Waals surface area contributed by atoms with Crippen LogP contribution in [0, 0.1) is 11.3 Å². The smallest absolute Gasteiger partial charge is 0.307 e. The number of benzene rings is 1. The molecule has 7 heteroatoms. The van der Waals surface area contributed by atoms with Gasteiger partial charge >= 0.3 is 5.97 Å². The zero-order valence-corrected chi connectivity index (χ0v) is 14.7. The number of hydrogen-bond donors (Lipinski definition) is 0. The van der Waals surface area contributed by atoms with Gasteiger partial charge in [0.2, 0.25) is 0 Å². The fraction of sp³-hybridized carbons (Fsp3) is 0.529. The third-order valence-electron chi connectivity index (χ3n) is 3.66. The molecule has 2 unspecified atom stereocenters. The van der Waals surface area contributed by atoms with Gasteiger partial charge in [0, 0.05) is 6.61 Å². The predicted octanol–water partition coefficient (Wildman–Crippen LogP) is 4.08. The van der Waals surface area contributed by atoms with Crippen molar-refractivity contribution in [3.63, 3.8) is 0 Å². The van der Waals surface area contributed by atoms with Crippen molar-refractivity contribution in [1.82, 2.24) is 0 Å². The van der Waals surface area contributed by atoms with Gasteiger partial charge in [-0.3, -0.25) is 4.79 Å². The molecule has 0 bridgehead atoms.